The van der Waals surface area contributed by atoms with E-state index in [-0.39, 0.29) is 0 Å². The largest absolute Gasteiger partial charge is 0.438 e. The van der Waals surface area contributed by atoms with E-state index in [0.29, 0.717) is 18.3 Å². The zero-order valence-electron chi connectivity index (χ0n) is 9.47. The average Bonchev–Trinajstić information content (AvgIpc) is 2.54. The van der Waals surface area contributed by atoms with Gasteiger partial charge in [-0.1, -0.05) is 24.3 Å². The molecule has 0 unspecified atom stereocenters. The number of pyridine rings is 1. The van der Waals surface area contributed by atoms with Crippen LogP contribution in [0.4, 0.5) is 0 Å². The summed E-state index contributed by atoms with van der Waals surface area (Å²) in [5.41, 5.74) is 8.17. The maximum Gasteiger partial charge on any atom is 0.222 e. The molecule has 0 bridgehead atoms. The summed E-state index contributed by atoms with van der Waals surface area (Å²) in [6.07, 6.45) is 2.64. The molecule has 17 heavy (non-hydrogen) atoms. The van der Waals surface area contributed by atoms with Gasteiger partial charge in [0.2, 0.25) is 5.88 Å². The summed E-state index contributed by atoms with van der Waals surface area (Å²) >= 11 is 0. The minimum atomic E-state index is 0.302. The molecule has 1 aromatic heterocycles. The van der Waals surface area contributed by atoms with Crippen LogP contribution in [0.2, 0.25) is 0 Å². The van der Waals surface area contributed by atoms with E-state index in [4.69, 9.17) is 10.5 Å². The number of hydrogen-bond acceptors (Lipinski definition) is 3. The Labute approximate surface area is 100 Å². The summed E-state index contributed by atoms with van der Waals surface area (Å²) in [6.45, 7) is 0.620. The molecule has 0 saturated heterocycles. The van der Waals surface area contributed by atoms with Crippen LogP contribution in [0, 0.1) is 0 Å². The number of fused-ring (bicyclic) bond motifs is 2. The highest BCUT2D eigenvalue weighted by molar-refractivity contribution is 5.44. The Kier molecular flexibility index (Phi) is 2.53. The molecule has 0 spiro atoms. The maximum absolute atomic E-state index is 5.87. The second-order valence-corrected chi connectivity index (χ2v) is 4.24. The zero-order valence-corrected chi connectivity index (χ0v) is 9.47. The highest BCUT2D eigenvalue weighted by Gasteiger charge is 2.22. The third kappa shape index (κ3) is 1.78. The van der Waals surface area contributed by atoms with Gasteiger partial charge in [0.15, 0.2) is 0 Å². The lowest BCUT2D eigenvalue weighted by Gasteiger charge is -2.13. The molecular formula is C14H14N2O. The lowest BCUT2D eigenvalue weighted by molar-refractivity contribution is 0.459. The summed E-state index contributed by atoms with van der Waals surface area (Å²) in [5, 5.41) is 0. The molecule has 3 nitrogen and oxygen atoms in total. The first-order valence-corrected chi connectivity index (χ1v) is 5.79. The minimum absolute atomic E-state index is 0.302. The van der Waals surface area contributed by atoms with E-state index >= 15 is 0 Å². The van der Waals surface area contributed by atoms with Crippen LogP contribution in [-0.4, -0.2) is 11.5 Å². The van der Waals surface area contributed by atoms with Crippen molar-refractivity contribution in [3.63, 3.8) is 0 Å². The molecule has 0 radical (unpaired) electrons. The lowest BCUT2D eigenvalue weighted by atomic mass is 9.93. The smallest absolute Gasteiger partial charge is 0.222 e. The minimum Gasteiger partial charge on any atom is -0.438 e. The van der Waals surface area contributed by atoms with Crippen LogP contribution in [0.1, 0.15) is 17.0 Å². The number of ether oxygens (including phenoxy) is 1. The van der Waals surface area contributed by atoms with E-state index in [2.05, 4.69) is 17.1 Å². The number of aromatic nitrogens is 1. The predicted octanol–water partition coefficient (Wildman–Crippen LogP) is 2.47. The van der Waals surface area contributed by atoms with Crippen LogP contribution < -0.4 is 10.5 Å². The number of nitrogens with two attached hydrogens (primary N) is 1. The van der Waals surface area contributed by atoms with Crippen molar-refractivity contribution in [3.05, 3.63) is 53.7 Å². The van der Waals surface area contributed by atoms with Crippen molar-refractivity contribution in [2.45, 2.75) is 12.3 Å². The van der Waals surface area contributed by atoms with Crippen LogP contribution >= 0.6 is 0 Å². The topological polar surface area (TPSA) is 48.1 Å². The molecule has 3 rings (SSSR count). The molecule has 2 N–H and O–H groups in total. The number of nitrogens with zero attached hydrogens (tertiary/aromatic N) is 1. The Hall–Kier alpha value is -1.87. The Morgan fingerprint density at radius 2 is 2.12 bits per heavy atom. The molecular weight excluding hydrogens is 212 g/mol. The van der Waals surface area contributed by atoms with Gasteiger partial charge in [0.25, 0.3) is 0 Å². The second kappa shape index (κ2) is 4.18. The first kappa shape index (κ1) is 10.3. The molecule has 86 valence electrons. The van der Waals surface area contributed by atoms with Crippen LogP contribution in [0.15, 0.2) is 42.6 Å². The van der Waals surface area contributed by atoms with Gasteiger partial charge in [0, 0.05) is 17.7 Å². The average molecular weight is 226 g/mol. The summed E-state index contributed by atoms with van der Waals surface area (Å²) in [5.74, 6) is 1.88. The van der Waals surface area contributed by atoms with E-state index in [9.17, 15) is 0 Å². The Bertz CT molecular complexity index is 539. The Morgan fingerprint density at radius 3 is 3.00 bits per heavy atom. The van der Waals surface area contributed by atoms with Crippen LogP contribution in [0.3, 0.4) is 0 Å². The van der Waals surface area contributed by atoms with Crippen LogP contribution in [0.25, 0.3) is 0 Å². The molecule has 1 aromatic carbocycles. The summed E-state index contributed by atoms with van der Waals surface area (Å²) < 4.78 is 5.87. The first-order chi connectivity index (χ1) is 8.38. The normalized spacial score (nSPS) is 17.6. The molecule has 0 fully saturated rings. The van der Waals surface area contributed by atoms with Crippen molar-refractivity contribution in [2.24, 2.45) is 5.73 Å². The van der Waals surface area contributed by atoms with Crippen molar-refractivity contribution in [3.8, 4) is 11.6 Å². The molecule has 1 aliphatic rings. The zero-order chi connectivity index (χ0) is 11.7. The van der Waals surface area contributed by atoms with E-state index in [1.807, 2.05) is 24.3 Å². The fourth-order valence-electron chi connectivity index (χ4n) is 2.27. The van der Waals surface area contributed by atoms with Gasteiger partial charge in [-0.25, -0.2) is 4.98 Å². The number of benzene rings is 1. The fraction of sp³-hybridized carbons (Fsp3) is 0.214. The van der Waals surface area contributed by atoms with Gasteiger partial charge >= 0.3 is 0 Å². The number of para-hydroxylation sites is 1. The quantitative estimate of drug-likeness (QED) is 0.812. The van der Waals surface area contributed by atoms with Crippen molar-refractivity contribution in [1.82, 2.24) is 4.98 Å². The molecule has 3 heteroatoms. The Morgan fingerprint density at radius 1 is 1.24 bits per heavy atom. The second-order valence-electron chi connectivity index (χ2n) is 4.24. The van der Waals surface area contributed by atoms with E-state index in [1.54, 1.807) is 6.20 Å². The van der Waals surface area contributed by atoms with Gasteiger partial charge in [0.1, 0.15) is 5.75 Å². The first-order valence-electron chi connectivity index (χ1n) is 5.79. The van der Waals surface area contributed by atoms with Gasteiger partial charge in [-0.3, -0.25) is 0 Å². The van der Waals surface area contributed by atoms with E-state index in [1.165, 1.54) is 5.56 Å². The molecule has 2 aromatic rings. The van der Waals surface area contributed by atoms with Crippen LogP contribution in [0.5, 0.6) is 11.6 Å². The molecule has 1 aliphatic heterocycles. The number of rotatable bonds is 1. The summed E-state index contributed by atoms with van der Waals surface area (Å²) in [4.78, 5) is 4.28. The van der Waals surface area contributed by atoms with E-state index in [0.717, 1.165) is 17.7 Å². The molecule has 0 saturated carbocycles. The standard InChI is InChI=1S/C14H14N2O/c15-9-11-8-10-4-3-7-16-14(10)17-13-6-2-1-5-12(11)13/h1-7,11H,8-9,15H2/t11-/m0/s1. The fourth-order valence-corrected chi connectivity index (χ4v) is 2.27. The van der Waals surface area contributed by atoms with Gasteiger partial charge in [-0.15, -0.1) is 0 Å². The lowest BCUT2D eigenvalue weighted by Crippen LogP contribution is -2.14. The van der Waals surface area contributed by atoms with Crippen molar-refractivity contribution in [2.75, 3.05) is 6.54 Å². The summed E-state index contributed by atoms with van der Waals surface area (Å²) in [7, 11) is 0. The molecule has 2 heterocycles. The monoisotopic (exact) mass is 226 g/mol. The highest BCUT2D eigenvalue weighted by Crippen LogP contribution is 2.37. The van der Waals surface area contributed by atoms with Gasteiger partial charge in [-0.05, 0) is 30.7 Å². The summed E-state index contributed by atoms with van der Waals surface area (Å²) in [6, 6.07) is 12.0. The number of hydrogen-bond donors (Lipinski definition) is 1. The van der Waals surface area contributed by atoms with Gasteiger partial charge < -0.3 is 10.5 Å². The van der Waals surface area contributed by atoms with Crippen LogP contribution in [-0.2, 0) is 6.42 Å². The SMILES string of the molecule is NC[C@@H]1Cc2cccnc2Oc2ccccc21. The van der Waals surface area contributed by atoms with Crippen molar-refractivity contribution < 1.29 is 4.74 Å². The Balaban J connectivity index is 2.13. The molecule has 0 amide bonds. The maximum atomic E-state index is 5.87. The molecule has 0 aliphatic carbocycles. The van der Waals surface area contributed by atoms with Gasteiger partial charge in [0.05, 0.1) is 0 Å². The van der Waals surface area contributed by atoms with Crippen molar-refractivity contribution in [1.29, 1.82) is 0 Å². The molecule has 1 atom stereocenters. The third-order valence-electron chi connectivity index (χ3n) is 3.17. The van der Waals surface area contributed by atoms with Crippen molar-refractivity contribution >= 4 is 0 Å². The third-order valence-corrected chi connectivity index (χ3v) is 3.17. The highest BCUT2D eigenvalue weighted by atomic mass is 16.5. The van der Waals surface area contributed by atoms with E-state index < -0.39 is 0 Å². The predicted molar refractivity (Wildman–Crippen MR) is 66.3 cm³/mol. The van der Waals surface area contributed by atoms with Gasteiger partial charge in [-0.2, -0.15) is 0 Å².